The van der Waals surface area contributed by atoms with Gasteiger partial charge >= 0.3 is 0 Å². The van der Waals surface area contributed by atoms with Gasteiger partial charge in [-0.15, -0.1) is 11.3 Å². The molecule has 0 spiro atoms. The van der Waals surface area contributed by atoms with Crippen LogP contribution in [0.4, 0.5) is 5.69 Å². The number of rotatable bonds is 2. The molecule has 1 saturated heterocycles. The molecule has 0 bridgehead atoms. The number of anilines is 1. The van der Waals surface area contributed by atoms with Crippen LogP contribution in [0.5, 0.6) is 0 Å². The Morgan fingerprint density at radius 2 is 2.00 bits per heavy atom. The van der Waals surface area contributed by atoms with Crippen molar-refractivity contribution >= 4 is 33.8 Å². The predicted molar refractivity (Wildman–Crippen MR) is 87.8 cm³/mol. The summed E-state index contributed by atoms with van der Waals surface area (Å²) in [6.07, 6.45) is 3.57. The van der Waals surface area contributed by atoms with E-state index in [2.05, 4.69) is 4.98 Å². The van der Waals surface area contributed by atoms with E-state index in [-0.39, 0.29) is 18.4 Å². The van der Waals surface area contributed by atoms with Gasteiger partial charge in [0.2, 0.25) is 5.91 Å². The molecule has 2 amide bonds. The maximum atomic E-state index is 12.5. The average molecular weight is 326 g/mol. The van der Waals surface area contributed by atoms with Crippen LogP contribution in [0.1, 0.15) is 10.5 Å². The second kappa shape index (κ2) is 5.51. The Morgan fingerprint density at radius 1 is 1.17 bits per heavy atom. The second-order valence-corrected chi connectivity index (χ2v) is 6.20. The molecule has 1 aliphatic rings. The molecular weight excluding hydrogens is 312 g/mol. The number of para-hydroxylation sites is 1. The van der Waals surface area contributed by atoms with Crippen LogP contribution in [-0.2, 0) is 4.79 Å². The number of hydrogen-bond acceptors (Lipinski definition) is 4. The number of benzene rings is 1. The molecule has 2 aromatic heterocycles. The largest absolute Gasteiger partial charge is 0.326 e. The van der Waals surface area contributed by atoms with Gasteiger partial charge in [-0.3, -0.25) is 14.0 Å². The summed E-state index contributed by atoms with van der Waals surface area (Å²) >= 11 is 1.48. The number of imidazole rings is 1. The number of carbonyl (C=O) groups excluding carboxylic acids is 2. The lowest BCUT2D eigenvalue weighted by atomic mass is 10.2. The third-order valence-electron chi connectivity index (χ3n) is 3.89. The molecule has 116 valence electrons. The molecule has 3 heterocycles. The summed E-state index contributed by atoms with van der Waals surface area (Å²) in [4.78, 5) is 33.3. The third kappa shape index (κ3) is 2.49. The minimum absolute atomic E-state index is 0.0724. The van der Waals surface area contributed by atoms with E-state index in [1.165, 1.54) is 11.3 Å². The lowest BCUT2D eigenvalue weighted by molar-refractivity contribution is -0.120. The highest BCUT2D eigenvalue weighted by molar-refractivity contribution is 7.15. The fraction of sp³-hybridized carbons (Fsp3) is 0.188. The summed E-state index contributed by atoms with van der Waals surface area (Å²) in [6.45, 7) is 1.08. The third-order valence-corrected chi connectivity index (χ3v) is 4.66. The number of thiazole rings is 1. The van der Waals surface area contributed by atoms with E-state index in [1.807, 2.05) is 46.3 Å². The van der Waals surface area contributed by atoms with Crippen LogP contribution in [0.2, 0.25) is 0 Å². The van der Waals surface area contributed by atoms with Gasteiger partial charge in [0.05, 0.1) is 0 Å². The van der Waals surface area contributed by atoms with Gasteiger partial charge in [-0.25, -0.2) is 4.98 Å². The van der Waals surface area contributed by atoms with E-state index in [1.54, 1.807) is 16.0 Å². The van der Waals surface area contributed by atoms with Gasteiger partial charge in [-0.1, -0.05) is 18.2 Å². The minimum atomic E-state index is -0.193. The SMILES string of the molecule is O=C(c1cn2ccsc2n1)N1CCN(c2ccccc2)C(=O)C1. The summed E-state index contributed by atoms with van der Waals surface area (Å²) in [6, 6.07) is 9.52. The fourth-order valence-corrected chi connectivity index (χ4v) is 3.42. The fourth-order valence-electron chi connectivity index (χ4n) is 2.72. The van der Waals surface area contributed by atoms with Crippen molar-refractivity contribution in [3.63, 3.8) is 0 Å². The summed E-state index contributed by atoms with van der Waals surface area (Å²) in [5.41, 5.74) is 1.25. The number of amides is 2. The number of aromatic nitrogens is 2. The Bertz CT molecular complexity index is 842. The van der Waals surface area contributed by atoms with E-state index < -0.39 is 0 Å². The standard InChI is InChI=1S/C16H14N4O2S/c21-14-11-18(6-7-20(14)12-4-2-1-3-5-12)15(22)13-10-19-8-9-23-16(19)17-13/h1-5,8-10H,6-7,11H2. The van der Waals surface area contributed by atoms with Gasteiger partial charge in [0.25, 0.3) is 5.91 Å². The first-order chi connectivity index (χ1) is 11.2. The topological polar surface area (TPSA) is 57.9 Å². The zero-order valence-electron chi connectivity index (χ0n) is 12.3. The smallest absolute Gasteiger partial charge is 0.274 e. The first-order valence-corrected chi connectivity index (χ1v) is 8.17. The van der Waals surface area contributed by atoms with Gasteiger partial charge < -0.3 is 9.80 Å². The number of hydrogen-bond donors (Lipinski definition) is 0. The molecular formula is C16H14N4O2S. The minimum Gasteiger partial charge on any atom is -0.326 e. The van der Waals surface area contributed by atoms with Gasteiger partial charge in [-0.05, 0) is 12.1 Å². The molecule has 1 aromatic carbocycles. The molecule has 7 heteroatoms. The van der Waals surface area contributed by atoms with Crippen LogP contribution in [0.15, 0.2) is 48.1 Å². The first kappa shape index (κ1) is 14.0. The van der Waals surface area contributed by atoms with Gasteiger partial charge in [0.1, 0.15) is 12.2 Å². The average Bonchev–Trinajstić information content (AvgIpc) is 3.16. The summed E-state index contributed by atoms with van der Waals surface area (Å²) < 4.78 is 1.82. The maximum absolute atomic E-state index is 12.5. The quantitative estimate of drug-likeness (QED) is 0.722. The van der Waals surface area contributed by atoms with Crippen LogP contribution in [0.3, 0.4) is 0 Å². The summed E-state index contributed by atoms with van der Waals surface area (Å²) in [7, 11) is 0. The van der Waals surface area contributed by atoms with Crippen molar-refractivity contribution in [1.29, 1.82) is 0 Å². The van der Waals surface area contributed by atoms with Crippen LogP contribution in [0, 0.1) is 0 Å². The molecule has 0 N–H and O–H groups in total. The highest BCUT2D eigenvalue weighted by Crippen LogP contribution is 2.18. The Labute approximate surface area is 136 Å². The lowest BCUT2D eigenvalue weighted by Crippen LogP contribution is -2.52. The maximum Gasteiger partial charge on any atom is 0.274 e. The van der Waals surface area contributed by atoms with Crippen molar-refractivity contribution in [1.82, 2.24) is 14.3 Å². The zero-order valence-corrected chi connectivity index (χ0v) is 13.1. The van der Waals surface area contributed by atoms with E-state index in [0.29, 0.717) is 18.8 Å². The van der Waals surface area contributed by atoms with Crippen LogP contribution < -0.4 is 4.90 Å². The molecule has 4 rings (SSSR count). The zero-order chi connectivity index (χ0) is 15.8. The summed E-state index contributed by atoms with van der Waals surface area (Å²) in [5.74, 6) is -0.265. The van der Waals surface area contributed by atoms with Crippen molar-refractivity contribution in [3.05, 3.63) is 53.8 Å². The monoisotopic (exact) mass is 326 g/mol. The Morgan fingerprint density at radius 3 is 2.74 bits per heavy atom. The molecule has 3 aromatic rings. The van der Waals surface area contributed by atoms with Crippen molar-refractivity contribution in [3.8, 4) is 0 Å². The van der Waals surface area contributed by atoms with E-state index in [4.69, 9.17) is 0 Å². The van der Waals surface area contributed by atoms with Gasteiger partial charge in [0, 0.05) is 36.6 Å². The van der Waals surface area contributed by atoms with Crippen LogP contribution >= 0.6 is 11.3 Å². The van der Waals surface area contributed by atoms with E-state index in [0.717, 1.165) is 10.6 Å². The molecule has 0 radical (unpaired) electrons. The van der Waals surface area contributed by atoms with Gasteiger partial charge in [-0.2, -0.15) is 0 Å². The molecule has 1 aliphatic heterocycles. The van der Waals surface area contributed by atoms with Crippen molar-refractivity contribution < 1.29 is 9.59 Å². The molecule has 0 atom stereocenters. The normalized spacial score (nSPS) is 15.4. The molecule has 23 heavy (non-hydrogen) atoms. The second-order valence-electron chi connectivity index (χ2n) is 5.33. The molecule has 0 unspecified atom stereocenters. The molecule has 1 fully saturated rings. The highest BCUT2D eigenvalue weighted by atomic mass is 32.1. The first-order valence-electron chi connectivity index (χ1n) is 7.29. The molecule has 0 saturated carbocycles. The Kier molecular flexibility index (Phi) is 3.34. The van der Waals surface area contributed by atoms with Gasteiger partial charge in [0.15, 0.2) is 4.96 Å². The predicted octanol–water partition coefficient (Wildman–Crippen LogP) is 1.88. The Hall–Kier alpha value is -2.67. The lowest BCUT2D eigenvalue weighted by Gasteiger charge is -2.34. The molecule has 6 nitrogen and oxygen atoms in total. The van der Waals surface area contributed by atoms with Crippen molar-refractivity contribution in [2.24, 2.45) is 0 Å². The number of fused-ring (bicyclic) bond motifs is 1. The van der Waals surface area contributed by atoms with Crippen LogP contribution in [-0.4, -0.2) is 45.7 Å². The number of nitrogens with zero attached hydrogens (tertiary/aromatic N) is 4. The van der Waals surface area contributed by atoms with E-state index >= 15 is 0 Å². The summed E-state index contributed by atoms with van der Waals surface area (Å²) in [5, 5.41) is 1.92. The van der Waals surface area contributed by atoms with E-state index in [9.17, 15) is 9.59 Å². The highest BCUT2D eigenvalue weighted by Gasteiger charge is 2.29. The Balaban J connectivity index is 1.51. The van der Waals surface area contributed by atoms with Crippen LogP contribution in [0.25, 0.3) is 4.96 Å². The van der Waals surface area contributed by atoms with Crippen molar-refractivity contribution in [2.45, 2.75) is 0 Å². The van der Waals surface area contributed by atoms with Crippen molar-refractivity contribution in [2.75, 3.05) is 24.5 Å². The molecule has 0 aliphatic carbocycles. The number of piperazine rings is 1. The number of carbonyl (C=O) groups is 2.